The topological polar surface area (TPSA) is 166 Å². The maximum absolute atomic E-state index is 13.8. The first kappa shape index (κ1) is 41.0. The number of ether oxygens (including phenoxy) is 4. The van der Waals surface area contributed by atoms with Gasteiger partial charge in [-0.3, -0.25) is 19.2 Å². The Bertz CT molecular complexity index is 1400. The number of nitrogens with one attached hydrogen (secondary N) is 2. The summed E-state index contributed by atoms with van der Waals surface area (Å²) >= 11 is 1.57. The molecule has 1 saturated heterocycles. The predicted molar refractivity (Wildman–Crippen MR) is 189 cm³/mol. The van der Waals surface area contributed by atoms with Gasteiger partial charge in [0.2, 0.25) is 17.7 Å². The molecule has 0 spiro atoms. The molecule has 278 valence electrons. The molecule has 2 aromatic rings. The van der Waals surface area contributed by atoms with Crippen LogP contribution in [0, 0.1) is 12.3 Å². The smallest absolute Gasteiger partial charge is 0.308 e. The Morgan fingerprint density at radius 1 is 0.940 bits per heavy atom. The maximum Gasteiger partial charge on any atom is 0.308 e. The molecule has 3 rings (SSSR count). The summed E-state index contributed by atoms with van der Waals surface area (Å²) in [5.74, 6) is -1.46. The number of hydrogen-bond acceptors (Lipinski definition) is 11. The summed E-state index contributed by atoms with van der Waals surface area (Å²) in [5, 5.41) is 16.2. The van der Waals surface area contributed by atoms with Crippen molar-refractivity contribution in [2.45, 2.75) is 98.1 Å². The third kappa shape index (κ3) is 13.7. The van der Waals surface area contributed by atoms with E-state index in [0.29, 0.717) is 19.8 Å². The molecule has 2 heterocycles. The minimum Gasteiger partial charge on any atom is -0.460 e. The molecule has 1 fully saturated rings. The van der Waals surface area contributed by atoms with Crippen LogP contribution in [0.25, 0.3) is 10.4 Å². The van der Waals surface area contributed by atoms with Crippen molar-refractivity contribution in [1.29, 1.82) is 0 Å². The van der Waals surface area contributed by atoms with Crippen LogP contribution < -0.4 is 10.6 Å². The number of aliphatic hydroxyl groups is 1. The molecule has 1 aromatic heterocycles. The van der Waals surface area contributed by atoms with E-state index in [1.165, 1.54) is 4.90 Å². The van der Waals surface area contributed by atoms with E-state index in [9.17, 15) is 24.3 Å². The summed E-state index contributed by atoms with van der Waals surface area (Å²) in [6.45, 7) is 14.8. The van der Waals surface area contributed by atoms with E-state index < -0.39 is 35.1 Å². The number of nitrogens with zero attached hydrogens (tertiary/aromatic N) is 2. The lowest BCUT2D eigenvalue weighted by molar-refractivity contribution is -0.156. The zero-order chi connectivity index (χ0) is 36.9. The van der Waals surface area contributed by atoms with E-state index in [4.69, 9.17) is 18.9 Å². The van der Waals surface area contributed by atoms with Crippen LogP contribution in [0.2, 0.25) is 0 Å². The van der Waals surface area contributed by atoms with Crippen LogP contribution in [-0.4, -0.2) is 109 Å². The zero-order valence-corrected chi connectivity index (χ0v) is 31.2. The SMILES string of the molecule is Cc1ncsc1-c1ccc(CNC(=O)[C@@H]2C[C@@H](O)CN2C(=O)C(NC(=O)CCOCCOCCOCCC(=O)OC(C)(C)C)C(C)(C)C)cc1. The lowest BCUT2D eigenvalue weighted by Gasteiger charge is -2.35. The first-order valence-electron chi connectivity index (χ1n) is 17.0. The van der Waals surface area contributed by atoms with E-state index in [1.807, 2.05) is 78.2 Å². The van der Waals surface area contributed by atoms with E-state index in [1.54, 1.807) is 11.3 Å². The van der Waals surface area contributed by atoms with E-state index in [0.717, 1.165) is 21.7 Å². The number of hydrogen-bond donors (Lipinski definition) is 3. The predicted octanol–water partition coefficient (Wildman–Crippen LogP) is 3.40. The zero-order valence-electron chi connectivity index (χ0n) is 30.4. The minimum atomic E-state index is -0.919. The van der Waals surface area contributed by atoms with Crippen molar-refractivity contribution in [1.82, 2.24) is 20.5 Å². The highest BCUT2D eigenvalue weighted by Crippen LogP contribution is 2.28. The molecule has 0 radical (unpaired) electrons. The first-order chi connectivity index (χ1) is 23.5. The van der Waals surface area contributed by atoms with E-state index >= 15 is 0 Å². The number of aliphatic hydroxyl groups excluding tert-OH is 1. The number of rotatable bonds is 18. The summed E-state index contributed by atoms with van der Waals surface area (Å²) in [7, 11) is 0. The van der Waals surface area contributed by atoms with Crippen molar-refractivity contribution < 1.29 is 43.2 Å². The number of benzene rings is 1. The van der Waals surface area contributed by atoms with E-state index in [2.05, 4.69) is 15.6 Å². The molecule has 0 saturated carbocycles. The lowest BCUT2D eigenvalue weighted by atomic mass is 9.85. The molecule has 13 nitrogen and oxygen atoms in total. The van der Waals surface area contributed by atoms with Gasteiger partial charge in [-0.2, -0.15) is 0 Å². The van der Waals surface area contributed by atoms with Crippen LogP contribution in [-0.2, 0) is 44.7 Å². The van der Waals surface area contributed by atoms with Gasteiger partial charge in [0.05, 0.1) is 68.2 Å². The minimum absolute atomic E-state index is 0.000159. The molecule has 14 heteroatoms. The third-order valence-corrected chi connectivity index (χ3v) is 8.78. The molecule has 1 aromatic carbocycles. The van der Waals surface area contributed by atoms with Gasteiger partial charge in [-0.15, -0.1) is 11.3 Å². The first-order valence-corrected chi connectivity index (χ1v) is 17.9. The van der Waals surface area contributed by atoms with Crippen molar-refractivity contribution in [3.8, 4) is 10.4 Å². The maximum atomic E-state index is 13.8. The lowest BCUT2D eigenvalue weighted by Crippen LogP contribution is -2.57. The summed E-state index contributed by atoms with van der Waals surface area (Å²) in [6, 6.07) is 6.08. The summed E-state index contributed by atoms with van der Waals surface area (Å²) in [6.07, 6.45) is -0.542. The molecule has 3 atom stereocenters. The molecule has 0 aliphatic carbocycles. The van der Waals surface area contributed by atoms with Gasteiger partial charge in [-0.1, -0.05) is 45.0 Å². The summed E-state index contributed by atoms with van der Waals surface area (Å²) in [5.41, 5.74) is 3.54. The van der Waals surface area contributed by atoms with Crippen molar-refractivity contribution in [3.63, 3.8) is 0 Å². The van der Waals surface area contributed by atoms with Crippen LogP contribution in [0.1, 0.15) is 72.1 Å². The van der Waals surface area contributed by atoms with Crippen molar-refractivity contribution >= 4 is 35.0 Å². The van der Waals surface area contributed by atoms with Crippen LogP contribution >= 0.6 is 11.3 Å². The van der Waals surface area contributed by atoms with E-state index in [-0.39, 0.29) is 70.0 Å². The molecular weight excluding hydrogens is 664 g/mol. The second kappa shape index (κ2) is 19.3. The number of β-amino-alcohol motifs (C(OH)–C–C–N with tert-alkyl or cyclic N) is 1. The van der Waals surface area contributed by atoms with Gasteiger partial charge in [0.1, 0.15) is 17.7 Å². The third-order valence-electron chi connectivity index (χ3n) is 7.80. The van der Waals surface area contributed by atoms with Gasteiger partial charge < -0.3 is 39.6 Å². The van der Waals surface area contributed by atoms with Crippen LogP contribution in [0.4, 0.5) is 0 Å². The Hall–Kier alpha value is -3.43. The van der Waals surface area contributed by atoms with Crippen molar-refractivity contribution in [3.05, 3.63) is 41.0 Å². The van der Waals surface area contributed by atoms with Crippen molar-refractivity contribution in [2.75, 3.05) is 46.2 Å². The highest BCUT2D eigenvalue weighted by Gasteiger charge is 2.44. The number of carbonyl (C=O) groups excluding carboxylic acids is 4. The molecule has 1 aliphatic heterocycles. The summed E-state index contributed by atoms with van der Waals surface area (Å²) in [4.78, 5) is 58.4. The molecule has 1 unspecified atom stereocenters. The van der Waals surface area contributed by atoms with Crippen LogP contribution in [0.3, 0.4) is 0 Å². The van der Waals surface area contributed by atoms with Crippen LogP contribution in [0.5, 0.6) is 0 Å². The molecule has 3 amide bonds. The Morgan fingerprint density at radius 2 is 1.54 bits per heavy atom. The fraction of sp³-hybridized carbons (Fsp3) is 0.639. The van der Waals surface area contributed by atoms with Gasteiger partial charge in [0.15, 0.2) is 0 Å². The largest absolute Gasteiger partial charge is 0.460 e. The second-order valence-corrected chi connectivity index (χ2v) is 15.2. The van der Waals surface area contributed by atoms with Crippen molar-refractivity contribution in [2.24, 2.45) is 5.41 Å². The van der Waals surface area contributed by atoms with Gasteiger partial charge in [0.25, 0.3) is 0 Å². The van der Waals surface area contributed by atoms with Crippen LogP contribution in [0.15, 0.2) is 29.8 Å². The molecular formula is C36H54N4O9S. The Labute approximate surface area is 299 Å². The second-order valence-electron chi connectivity index (χ2n) is 14.4. The highest BCUT2D eigenvalue weighted by atomic mass is 32.1. The number of likely N-dealkylation sites (tertiary alicyclic amines) is 1. The monoisotopic (exact) mass is 718 g/mol. The Balaban J connectivity index is 1.39. The molecule has 1 aliphatic rings. The molecule has 3 N–H and O–H groups in total. The number of amides is 3. The molecule has 50 heavy (non-hydrogen) atoms. The number of thiazole rings is 1. The quantitative estimate of drug-likeness (QED) is 0.154. The number of carbonyl (C=O) groups is 4. The number of esters is 1. The Morgan fingerprint density at radius 3 is 2.10 bits per heavy atom. The average molecular weight is 719 g/mol. The standard InChI is InChI=1S/C36H54N4O9S/c1-24-31(50-23-38-24)26-10-8-25(9-11-26)21-37-33(44)28-20-27(41)22-40(28)34(45)32(35(2,3)4)39-29(42)12-14-46-16-18-48-19-17-47-15-13-30(43)49-36(5,6)7/h8-11,23,27-28,32,41H,12-22H2,1-7H3,(H,37,44)(H,39,42)/t27-,28+,32?/m1/s1. The average Bonchev–Trinajstić information content (AvgIpc) is 3.65. The summed E-state index contributed by atoms with van der Waals surface area (Å²) < 4.78 is 21.6. The van der Waals surface area contributed by atoms with Gasteiger partial charge in [-0.05, 0) is 44.2 Å². The van der Waals surface area contributed by atoms with Gasteiger partial charge in [-0.25, -0.2) is 4.98 Å². The Kier molecular flexibility index (Phi) is 15.8. The van der Waals surface area contributed by atoms with Gasteiger partial charge >= 0.3 is 5.97 Å². The number of aryl methyl sites for hydroxylation is 1. The fourth-order valence-corrected chi connectivity index (χ4v) is 6.08. The number of aromatic nitrogens is 1. The van der Waals surface area contributed by atoms with Gasteiger partial charge in [0, 0.05) is 25.9 Å². The fourth-order valence-electron chi connectivity index (χ4n) is 5.27. The highest BCUT2D eigenvalue weighted by molar-refractivity contribution is 7.13. The normalized spacial score (nSPS) is 17.0. The molecule has 0 bridgehead atoms.